The molecule has 0 spiro atoms. The average Bonchev–Trinajstić information content (AvgIpc) is 2.93. The second-order valence-electron chi connectivity index (χ2n) is 5.10. The van der Waals surface area contributed by atoms with Crippen molar-refractivity contribution in [3.63, 3.8) is 0 Å². The van der Waals surface area contributed by atoms with Gasteiger partial charge in [0.2, 0.25) is 5.91 Å². The molecule has 1 saturated heterocycles. The lowest BCUT2D eigenvalue weighted by atomic mass is 10.1. The number of carbonyl (C=O) groups is 1. The van der Waals surface area contributed by atoms with E-state index in [2.05, 4.69) is 28.4 Å². The van der Waals surface area contributed by atoms with Gasteiger partial charge in [0.15, 0.2) is 0 Å². The largest absolute Gasteiger partial charge is 0.371 e. The van der Waals surface area contributed by atoms with Crippen molar-refractivity contribution in [3.8, 4) is 0 Å². The van der Waals surface area contributed by atoms with Gasteiger partial charge in [-0.2, -0.15) is 0 Å². The minimum absolute atomic E-state index is 0. The maximum absolute atomic E-state index is 11.8. The standard InChI is InChI=1S/C15H23N3O.ClH/c1-16-11-15(19)17(2)12-13-7-3-4-8-14(13)18-9-5-6-10-18;/h3-4,7-8,16H,5-6,9-12H2,1-2H3;1H. The first kappa shape index (κ1) is 16.8. The van der Waals surface area contributed by atoms with Gasteiger partial charge < -0.3 is 15.1 Å². The van der Waals surface area contributed by atoms with E-state index in [-0.39, 0.29) is 18.3 Å². The molecule has 20 heavy (non-hydrogen) atoms. The van der Waals surface area contributed by atoms with Crippen molar-refractivity contribution in [1.29, 1.82) is 0 Å². The number of nitrogens with one attached hydrogen (secondary N) is 1. The molecule has 1 aromatic rings. The van der Waals surface area contributed by atoms with Gasteiger partial charge in [0.05, 0.1) is 6.54 Å². The van der Waals surface area contributed by atoms with Gasteiger partial charge in [-0.3, -0.25) is 4.79 Å². The molecule has 5 heteroatoms. The van der Waals surface area contributed by atoms with E-state index in [4.69, 9.17) is 0 Å². The number of hydrogen-bond donors (Lipinski definition) is 1. The zero-order chi connectivity index (χ0) is 13.7. The highest BCUT2D eigenvalue weighted by Crippen LogP contribution is 2.25. The highest BCUT2D eigenvalue weighted by Gasteiger charge is 2.17. The predicted molar refractivity (Wildman–Crippen MR) is 85.5 cm³/mol. The number of amides is 1. The molecular formula is C15H24ClN3O. The van der Waals surface area contributed by atoms with Gasteiger partial charge in [-0.1, -0.05) is 18.2 Å². The highest BCUT2D eigenvalue weighted by atomic mass is 35.5. The van der Waals surface area contributed by atoms with Gasteiger partial charge in [-0.05, 0) is 31.5 Å². The van der Waals surface area contributed by atoms with E-state index < -0.39 is 0 Å². The van der Waals surface area contributed by atoms with Crippen LogP contribution in [0.2, 0.25) is 0 Å². The lowest BCUT2D eigenvalue weighted by Crippen LogP contribution is -2.34. The Bertz CT molecular complexity index is 433. The molecule has 0 aliphatic carbocycles. The van der Waals surface area contributed by atoms with E-state index in [1.54, 1.807) is 11.9 Å². The molecule has 1 aliphatic rings. The van der Waals surface area contributed by atoms with Crippen LogP contribution in [0.1, 0.15) is 18.4 Å². The third-order valence-corrected chi connectivity index (χ3v) is 3.60. The Morgan fingerprint density at radius 2 is 1.95 bits per heavy atom. The molecule has 0 atom stereocenters. The molecule has 0 saturated carbocycles. The smallest absolute Gasteiger partial charge is 0.236 e. The van der Waals surface area contributed by atoms with Gasteiger partial charge >= 0.3 is 0 Å². The van der Waals surface area contributed by atoms with Crippen molar-refractivity contribution in [2.24, 2.45) is 0 Å². The van der Waals surface area contributed by atoms with Crippen LogP contribution in [0.25, 0.3) is 0 Å². The van der Waals surface area contributed by atoms with E-state index in [9.17, 15) is 4.79 Å². The third-order valence-electron chi connectivity index (χ3n) is 3.60. The van der Waals surface area contributed by atoms with E-state index in [0.717, 1.165) is 13.1 Å². The minimum Gasteiger partial charge on any atom is -0.371 e. The molecule has 0 bridgehead atoms. The molecule has 2 rings (SSSR count). The molecule has 1 heterocycles. The van der Waals surface area contributed by atoms with E-state index in [0.29, 0.717) is 13.1 Å². The van der Waals surface area contributed by atoms with E-state index in [1.807, 2.05) is 13.1 Å². The van der Waals surface area contributed by atoms with Crippen molar-refractivity contribution in [2.75, 3.05) is 38.6 Å². The summed E-state index contributed by atoms with van der Waals surface area (Å²) in [5.74, 6) is 0.124. The fourth-order valence-electron chi connectivity index (χ4n) is 2.54. The van der Waals surface area contributed by atoms with Crippen molar-refractivity contribution < 1.29 is 4.79 Å². The summed E-state index contributed by atoms with van der Waals surface area (Å²) in [5.41, 5.74) is 2.51. The van der Waals surface area contributed by atoms with Crippen molar-refractivity contribution >= 4 is 24.0 Å². The van der Waals surface area contributed by atoms with Crippen molar-refractivity contribution in [1.82, 2.24) is 10.2 Å². The number of likely N-dealkylation sites (N-methyl/N-ethyl adjacent to an activating group) is 2. The molecule has 1 aromatic carbocycles. The molecular weight excluding hydrogens is 274 g/mol. The topological polar surface area (TPSA) is 35.6 Å². The molecule has 1 amide bonds. The second-order valence-corrected chi connectivity index (χ2v) is 5.10. The summed E-state index contributed by atoms with van der Waals surface area (Å²) in [7, 11) is 3.66. The highest BCUT2D eigenvalue weighted by molar-refractivity contribution is 5.85. The summed E-state index contributed by atoms with van der Waals surface area (Å²) in [6.45, 7) is 3.33. The minimum atomic E-state index is 0. The monoisotopic (exact) mass is 297 g/mol. The van der Waals surface area contributed by atoms with Gasteiger partial charge in [0, 0.05) is 32.4 Å². The molecule has 4 nitrogen and oxygen atoms in total. The lowest BCUT2D eigenvalue weighted by molar-refractivity contribution is -0.129. The summed E-state index contributed by atoms with van der Waals surface area (Å²) < 4.78 is 0. The summed E-state index contributed by atoms with van der Waals surface area (Å²) in [4.78, 5) is 16.0. The number of rotatable bonds is 5. The fourth-order valence-corrected chi connectivity index (χ4v) is 2.54. The number of carbonyl (C=O) groups excluding carboxylic acids is 1. The Morgan fingerprint density at radius 3 is 2.60 bits per heavy atom. The van der Waals surface area contributed by atoms with Gasteiger partial charge in [0.25, 0.3) is 0 Å². The van der Waals surface area contributed by atoms with Crippen LogP contribution in [0.5, 0.6) is 0 Å². The van der Waals surface area contributed by atoms with E-state index in [1.165, 1.54) is 24.1 Å². The van der Waals surface area contributed by atoms with Crippen LogP contribution in [0.4, 0.5) is 5.69 Å². The average molecular weight is 298 g/mol. The molecule has 1 N–H and O–H groups in total. The van der Waals surface area contributed by atoms with Crippen LogP contribution in [0.15, 0.2) is 24.3 Å². The van der Waals surface area contributed by atoms with Crippen LogP contribution < -0.4 is 10.2 Å². The fraction of sp³-hybridized carbons (Fsp3) is 0.533. The molecule has 0 aromatic heterocycles. The van der Waals surface area contributed by atoms with Gasteiger partial charge in [-0.25, -0.2) is 0 Å². The Morgan fingerprint density at radius 1 is 1.30 bits per heavy atom. The number of halogens is 1. The Kier molecular flexibility index (Phi) is 6.82. The van der Waals surface area contributed by atoms with Crippen LogP contribution in [0, 0.1) is 0 Å². The van der Waals surface area contributed by atoms with Crippen LogP contribution >= 0.6 is 12.4 Å². The number of anilines is 1. The van der Waals surface area contributed by atoms with Crippen molar-refractivity contribution in [2.45, 2.75) is 19.4 Å². The third kappa shape index (κ3) is 4.12. The second kappa shape index (κ2) is 8.12. The first-order valence-electron chi connectivity index (χ1n) is 6.94. The maximum Gasteiger partial charge on any atom is 0.236 e. The predicted octanol–water partition coefficient (Wildman–Crippen LogP) is 1.89. The van der Waals surface area contributed by atoms with Gasteiger partial charge in [0.1, 0.15) is 0 Å². The lowest BCUT2D eigenvalue weighted by Gasteiger charge is -2.24. The van der Waals surface area contributed by atoms with Crippen LogP contribution in [-0.4, -0.2) is 44.5 Å². The summed E-state index contributed by atoms with van der Waals surface area (Å²) in [5, 5.41) is 2.90. The summed E-state index contributed by atoms with van der Waals surface area (Å²) >= 11 is 0. The first-order chi connectivity index (χ1) is 9.22. The maximum atomic E-state index is 11.8. The van der Waals surface area contributed by atoms with Crippen LogP contribution in [0.3, 0.4) is 0 Å². The molecule has 1 fully saturated rings. The normalized spacial score (nSPS) is 14.0. The molecule has 0 unspecified atom stereocenters. The van der Waals surface area contributed by atoms with E-state index >= 15 is 0 Å². The van der Waals surface area contributed by atoms with Gasteiger partial charge in [-0.15, -0.1) is 12.4 Å². The zero-order valence-corrected chi connectivity index (χ0v) is 13.1. The number of nitrogens with zero attached hydrogens (tertiary/aromatic N) is 2. The summed E-state index contributed by atoms with van der Waals surface area (Å²) in [6.07, 6.45) is 2.53. The Labute approximate surface area is 127 Å². The molecule has 1 aliphatic heterocycles. The van der Waals surface area contributed by atoms with Crippen molar-refractivity contribution in [3.05, 3.63) is 29.8 Å². The van der Waals surface area contributed by atoms with Crippen LogP contribution in [-0.2, 0) is 11.3 Å². The molecule has 112 valence electrons. The quantitative estimate of drug-likeness (QED) is 0.901. The summed E-state index contributed by atoms with van der Waals surface area (Å²) in [6, 6.07) is 8.41. The zero-order valence-electron chi connectivity index (χ0n) is 12.3. The Hall–Kier alpha value is -1.26. The first-order valence-corrected chi connectivity index (χ1v) is 6.94. The number of benzene rings is 1. The SMILES string of the molecule is CNCC(=O)N(C)Cc1ccccc1N1CCCC1.Cl. The Balaban J connectivity index is 0.00000200. The number of hydrogen-bond acceptors (Lipinski definition) is 3. The number of para-hydroxylation sites is 1. The molecule has 0 radical (unpaired) electrons.